The third kappa shape index (κ3) is 3.93. The molecule has 1 aliphatic carbocycles. The first-order valence-corrected chi connectivity index (χ1v) is 10.2. The molecule has 6 heteroatoms. The molecule has 1 aromatic heterocycles. The average molecular weight is 435 g/mol. The number of allylic oxidation sites excluding steroid dienone is 1. The summed E-state index contributed by atoms with van der Waals surface area (Å²) in [5, 5.41) is 5.98. The lowest BCUT2D eigenvalue weighted by Crippen LogP contribution is -2.00. The van der Waals surface area contributed by atoms with E-state index >= 15 is 0 Å². The van der Waals surface area contributed by atoms with Crippen LogP contribution in [-0.4, -0.2) is 5.16 Å². The zero-order valence-corrected chi connectivity index (χ0v) is 17.5. The summed E-state index contributed by atoms with van der Waals surface area (Å²) in [6.07, 6.45) is 6.07. The van der Waals surface area contributed by atoms with Crippen molar-refractivity contribution in [3.63, 3.8) is 0 Å². The molecular formula is C22H18Cl3NO2. The van der Waals surface area contributed by atoms with Crippen molar-refractivity contribution in [2.24, 2.45) is 0 Å². The number of rotatable bonds is 6. The van der Waals surface area contributed by atoms with Crippen molar-refractivity contribution in [1.82, 2.24) is 5.16 Å². The molecule has 0 atom stereocenters. The van der Waals surface area contributed by atoms with Crippen molar-refractivity contribution in [1.29, 1.82) is 0 Å². The minimum atomic E-state index is 0.297. The van der Waals surface area contributed by atoms with E-state index in [1.807, 2.05) is 37.3 Å². The van der Waals surface area contributed by atoms with E-state index in [4.69, 9.17) is 44.1 Å². The standard InChI is InChI=1S/C22H18Cl3NO2/c1-2-4-13-9-10-15(11-19(13)25)27-12-16-21(26-28-22(16)14-7-8-14)20-17(23)5-3-6-18(20)24/h2-6,9-11,14H,7-8,12H2,1H3/b4-2+. The number of ether oxygens (including phenoxy) is 1. The Labute approximate surface area is 178 Å². The average Bonchev–Trinajstić information content (AvgIpc) is 3.43. The van der Waals surface area contributed by atoms with Crippen LogP contribution in [0.5, 0.6) is 5.75 Å². The lowest BCUT2D eigenvalue weighted by molar-refractivity contribution is 0.300. The van der Waals surface area contributed by atoms with Crippen LogP contribution in [0.2, 0.25) is 15.1 Å². The van der Waals surface area contributed by atoms with Crippen molar-refractivity contribution in [3.8, 4) is 17.0 Å². The fraction of sp³-hybridized carbons (Fsp3) is 0.227. The minimum absolute atomic E-state index is 0.297. The second-order valence-electron chi connectivity index (χ2n) is 6.72. The van der Waals surface area contributed by atoms with Crippen LogP contribution in [0.1, 0.15) is 42.6 Å². The second kappa shape index (κ2) is 8.20. The SMILES string of the molecule is C/C=C/c1ccc(OCc2c(-c3c(Cl)cccc3Cl)noc2C2CC2)cc1Cl. The van der Waals surface area contributed by atoms with Gasteiger partial charge in [-0.2, -0.15) is 0 Å². The molecule has 4 rings (SSSR count). The first-order chi connectivity index (χ1) is 13.6. The Balaban J connectivity index is 1.66. The van der Waals surface area contributed by atoms with E-state index in [1.165, 1.54) is 0 Å². The molecule has 0 N–H and O–H groups in total. The highest BCUT2D eigenvalue weighted by molar-refractivity contribution is 6.39. The van der Waals surface area contributed by atoms with Gasteiger partial charge in [0.1, 0.15) is 23.8 Å². The van der Waals surface area contributed by atoms with Crippen molar-refractivity contribution < 1.29 is 9.26 Å². The van der Waals surface area contributed by atoms with Crippen LogP contribution >= 0.6 is 34.8 Å². The molecule has 0 saturated heterocycles. The predicted molar refractivity (Wildman–Crippen MR) is 114 cm³/mol. The molecule has 1 fully saturated rings. The van der Waals surface area contributed by atoms with E-state index in [-0.39, 0.29) is 0 Å². The summed E-state index contributed by atoms with van der Waals surface area (Å²) >= 11 is 19.1. The Morgan fingerprint density at radius 1 is 1.11 bits per heavy atom. The zero-order valence-electron chi connectivity index (χ0n) is 15.2. The van der Waals surface area contributed by atoms with Crippen LogP contribution in [0, 0.1) is 0 Å². The highest BCUT2D eigenvalue weighted by Crippen LogP contribution is 2.46. The van der Waals surface area contributed by atoms with E-state index in [1.54, 1.807) is 18.2 Å². The summed E-state index contributed by atoms with van der Waals surface area (Å²) in [7, 11) is 0. The van der Waals surface area contributed by atoms with Gasteiger partial charge in [-0.05, 0) is 55.7 Å². The number of aromatic nitrogens is 1. The maximum absolute atomic E-state index is 6.39. The molecule has 0 bridgehead atoms. The fourth-order valence-electron chi connectivity index (χ4n) is 3.12. The largest absolute Gasteiger partial charge is 0.489 e. The topological polar surface area (TPSA) is 35.3 Å². The molecule has 0 radical (unpaired) electrons. The van der Waals surface area contributed by atoms with Gasteiger partial charge in [-0.1, -0.05) is 58.2 Å². The quantitative estimate of drug-likeness (QED) is 0.397. The third-order valence-electron chi connectivity index (χ3n) is 4.67. The molecule has 1 saturated carbocycles. The number of halogens is 3. The molecule has 2 aromatic carbocycles. The predicted octanol–water partition coefficient (Wildman–Crippen LogP) is 7.79. The van der Waals surface area contributed by atoms with Gasteiger partial charge in [0.25, 0.3) is 0 Å². The number of benzene rings is 2. The van der Waals surface area contributed by atoms with Crippen LogP contribution < -0.4 is 4.74 Å². The number of hydrogen-bond acceptors (Lipinski definition) is 3. The fourth-order valence-corrected chi connectivity index (χ4v) is 3.93. The summed E-state index contributed by atoms with van der Waals surface area (Å²) < 4.78 is 11.7. The highest BCUT2D eigenvalue weighted by Gasteiger charge is 2.33. The van der Waals surface area contributed by atoms with E-state index in [9.17, 15) is 0 Å². The minimum Gasteiger partial charge on any atom is -0.489 e. The summed E-state index contributed by atoms with van der Waals surface area (Å²) in [4.78, 5) is 0. The van der Waals surface area contributed by atoms with Crippen molar-refractivity contribution >= 4 is 40.9 Å². The van der Waals surface area contributed by atoms with Crippen LogP contribution in [0.3, 0.4) is 0 Å². The summed E-state index contributed by atoms with van der Waals surface area (Å²) in [6, 6.07) is 11.0. The lowest BCUT2D eigenvalue weighted by Gasteiger charge is -2.10. The van der Waals surface area contributed by atoms with E-state index in [2.05, 4.69) is 5.16 Å². The maximum Gasteiger partial charge on any atom is 0.147 e. The van der Waals surface area contributed by atoms with Gasteiger partial charge in [-0.3, -0.25) is 0 Å². The van der Waals surface area contributed by atoms with Crippen molar-refractivity contribution in [3.05, 3.63) is 74.4 Å². The Morgan fingerprint density at radius 3 is 2.50 bits per heavy atom. The molecule has 3 nitrogen and oxygen atoms in total. The molecule has 3 aromatic rings. The molecule has 1 heterocycles. The molecule has 0 amide bonds. The third-order valence-corrected chi connectivity index (χ3v) is 5.62. The Hall–Kier alpha value is -1.94. The van der Waals surface area contributed by atoms with Gasteiger partial charge < -0.3 is 9.26 Å². The number of hydrogen-bond donors (Lipinski definition) is 0. The smallest absolute Gasteiger partial charge is 0.147 e. The van der Waals surface area contributed by atoms with Gasteiger partial charge in [0.15, 0.2) is 0 Å². The summed E-state index contributed by atoms with van der Waals surface area (Å²) in [6.45, 7) is 2.25. The van der Waals surface area contributed by atoms with Crippen LogP contribution in [0.4, 0.5) is 0 Å². The summed E-state index contributed by atoms with van der Waals surface area (Å²) in [5.41, 5.74) is 3.13. The van der Waals surface area contributed by atoms with Gasteiger partial charge >= 0.3 is 0 Å². The van der Waals surface area contributed by atoms with Gasteiger partial charge in [0, 0.05) is 11.5 Å². The molecule has 0 unspecified atom stereocenters. The normalized spacial score (nSPS) is 14.0. The summed E-state index contributed by atoms with van der Waals surface area (Å²) in [5.74, 6) is 1.90. The molecule has 0 spiro atoms. The number of nitrogens with zero attached hydrogens (tertiary/aromatic N) is 1. The molecular weight excluding hydrogens is 417 g/mol. The molecule has 1 aliphatic rings. The zero-order chi connectivity index (χ0) is 19.7. The Morgan fingerprint density at radius 2 is 1.86 bits per heavy atom. The maximum atomic E-state index is 6.39. The first kappa shape index (κ1) is 19.4. The van der Waals surface area contributed by atoms with Gasteiger partial charge in [-0.15, -0.1) is 0 Å². The van der Waals surface area contributed by atoms with E-state index in [0.29, 0.717) is 44.6 Å². The van der Waals surface area contributed by atoms with E-state index < -0.39 is 0 Å². The van der Waals surface area contributed by atoms with Crippen molar-refractivity contribution in [2.75, 3.05) is 0 Å². The Bertz CT molecular complexity index is 1020. The van der Waals surface area contributed by atoms with Crippen LogP contribution in [-0.2, 0) is 6.61 Å². The lowest BCUT2D eigenvalue weighted by atomic mass is 10.0. The Kier molecular flexibility index (Phi) is 5.68. The van der Waals surface area contributed by atoms with Crippen LogP contribution in [0.15, 0.2) is 47.0 Å². The first-order valence-electron chi connectivity index (χ1n) is 9.06. The van der Waals surface area contributed by atoms with Gasteiger partial charge in [0.05, 0.1) is 20.6 Å². The monoisotopic (exact) mass is 433 g/mol. The molecule has 0 aliphatic heterocycles. The van der Waals surface area contributed by atoms with E-state index in [0.717, 1.165) is 29.7 Å². The molecule has 144 valence electrons. The molecule has 28 heavy (non-hydrogen) atoms. The van der Waals surface area contributed by atoms with Gasteiger partial charge in [-0.25, -0.2) is 0 Å². The van der Waals surface area contributed by atoms with Crippen LogP contribution in [0.25, 0.3) is 17.3 Å². The van der Waals surface area contributed by atoms with Crippen molar-refractivity contribution in [2.45, 2.75) is 32.3 Å². The second-order valence-corrected chi connectivity index (χ2v) is 7.94. The van der Waals surface area contributed by atoms with Gasteiger partial charge in [0.2, 0.25) is 0 Å². The highest BCUT2D eigenvalue weighted by atomic mass is 35.5.